The minimum Gasteiger partial charge on any atom is -0.486 e. The number of ether oxygens (including phenoxy) is 1. The molecule has 28 heavy (non-hydrogen) atoms. The van der Waals surface area contributed by atoms with Crippen molar-refractivity contribution in [3.63, 3.8) is 0 Å². The smallest absolute Gasteiger partial charge is 0.234 e. The predicted molar refractivity (Wildman–Crippen MR) is 115 cm³/mol. The van der Waals surface area contributed by atoms with Crippen molar-refractivity contribution in [2.24, 2.45) is 0 Å². The van der Waals surface area contributed by atoms with Gasteiger partial charge in [-0.25, -0.2) is 0 Å². The topological polar surface area (TPSA) is 69.0 Å². The van der Waals surface area contributed by atoms with E-state index in [0.717, 1.165) is 10.2 Å². The average Bonchev–Trinajstić information content (AvgIpc) is 3.09. The highest BCUT2D eigenvalue weighted by Crippen LogP contribution is 2.21. The Labute approximate surface area is 180 Å². The Morgan fingerprint density at radius 2 is 1.89 bits per heavy atom. The van der Waals surface area contributed by atoms with Crippen LogP contribution in [0.2, 0.25) is 5.02 Å². The van der Waals surface area contributed by atoms with E-state index in [9.17, 15) is 4.79 Å². The average molecular weight is 482 g/mol. The monoisotopic (exact) mass is 480 g/mol. The molecule has 1 amide bonds. The number of carbonyl (C=O) groups is 1. The lowest BCUT2D eigenvalue weighted by Crippen LogP contribution is -2.14. The van der Waals surface area contributed by atoms with Crippen molar-refractivity contribution >= 4 is 50.9 Å². The van der Waals surface area contributed by atoms with Crippen molar-refractivity contribution in [3.8, 4) is 5.75 Å². The second-order valence-corrected chi connectivity index (χ2v) is 8.02. The first-order chi connectivity index (χ1) is 13.5. The van der Waals surface area contributed by atoms with E-state index in [1.807, 2.05) is 35.8 Å². The van der Waals surface area contributed by atoms with Crippen LogP contribution < -0.4 is 10.1 Å². The van der Waals surface area contributed by atoms with Crippen LogP contribution in [0.4, 0.5) is 5.69 Å². The first-order valence-electron chi connectivity index (χ1n) is 8.54. The van der Waals surface area contributed by atoms with Crippen LogP contribution in [0.1, 0.15) is 12.7 Å². The van der Waals surface area contributed by atoms with E-state index in [0.29, 0.717) is 34.8 Å². The fourth-order valence-electron chi connectivity index (χ4n) is 2.39. The quantitative estimate of drug-likeness (QED) is 0.457. The number of amides is 1. The van der Waals surface area contributed by atoms with Gasteiger partial charge in [0.05, 0.1) is 5.75 Å². The van der Waals surface area contributed by atoms with Crippen LogP contribution in [0.25, 0.3) is 0 Å². The summed E-state index contributed by atoms with van der Waals surface area (Å²) in [6.45, 7) is 3.00. The summed E-state index contributed by atoms with van der Waals surface area (Å²) >= 11 is 10.6. The highest BCUT2D eigenvalue weighted by atomic mass is 79.9. The predicted octanol–water partition coefficient (Wildman–Crippen LogP) is 5.02. The maximum Gasteiger partial charge on any atom is 0.234 e. The van der Waals surface area contributed by atoms with Gasteiger partial charge in [0.1, 0.15) is 12.4 Å². The molecule has 0 saturated heterocycles. The lowest BCUT2D eigenvalue weighted by molar-refractivity contribution is -0.113. The van der Waals surface area contributed by atoms with Crippen LogP contribution in [0, 0.1) is 0 Å². The molecule has 0 fully saturated rings. The van der Waals surface area contributed by atoms with E-state index in [4.69, 9.17) is 16.3 Å². The van der Waals surface area contributed by atoms with Crippen molar-refractivity contribution in [2.75, 3.05) is 11.1 Å². The van der Waals surface area contributed by atoms with Crippen LogP contribution >= 0.6 is 39.3 Å². The molecule has 1 aromatic heterocycles. The van der Waals surface area contributed by atoms with Gasteiger partial charge in [-0.3, -0.25) is 4.79 Å². The highest BCUT2D eigenvalue weighted by Gasteiger charge is 2.14. The molecule has 0 radical (unpaired) electrons. The molecule has 6 nitrogen and oxygen atoms in total. The van der Waals surface area contributed by atoms with Gasteiger partial charge in [-0.15, -0.1) is 10.2 Å². The number of benzene rings is 2. The molecule has 0 aliphatic heterocycles. The van der Waals surface area contributed by atoms with Gasteiger partial charge in [-0.1, -0.05) is 39.3 Å². The summed E-state index contributed by atoms with van der Waals surface area (Å²) in [6.07, 6.45) is 0. The molecule has 3 aromatic rings. The van der Waals surface area contributed by atoms with E-state index in [1.54, 1.807) is 24.3 Å². The van der Waals surface area contributed by atoms with Gasteiger partial charge in [0.2, 0.25) is 5.91 Å². The summed E-state index contributed by atoms with van der Waals surface area (Å²) in [5.74, 6) is 1.58. The number of rotatable bonds is 8. The van der Waals surface area contributed by atoms with E-state index in [2.05, 4.69) is 31.4 Å². The number of hydrogen-bond donors (Lipinski definition) is 1. The van der Waals surface area contributed by atoms with E-state index in [1.165, 1.54) is 11.8 Å². The zero-order chi connectivity index (χ0) is 19.9. The lowest BCUT2D eigenvalue weighted by atomic mass is 10.3. The van der Waals surface area contributed by atoms with Crippen molar-refractivity contribution in [1.29, 1.82) is 0 Å². The van der Waals surface area contributed by atoms with Gasteiger partial charge >= 0.3 is 0 Å². The number of thioether (sulfide) groups is 1. The minimum atomic E-state index is -0.120. The van der Waals surface area contributed by atoms with Gasteiger partial charge in [0.25, 0.3) is 0 Å². The summed E-state index contributed by atoms with van der Waals surface area (Å²) in [4.78, 5) is 12.2. The number of hydrogen-bond acceptors (Lipinski definition) is 5. The number of anilines is 1. The van der Waals surface area contributed by atoms with Gasteiger partial charge in [-0.2, -0.15) is 0 Å². The van der Waals surface area contributed by atoms with Crippen LogP contribution in [-0.4, -0.2) is 26.4 Å². The summed E-state index contributed by atoms with van der Waals surface area (Å²) in [6, 6.07) is 14.6. The third-order valence-corrected chi connectivity index (χ3v) is 5.50. The number of nitrogens with one attached hydrogen (secondary N) is 1. The minimum absolute atomic E-state index is 0.120. The normalized spacial score (nSPS) is 10.7. The molecule has 0 spiro atoms. The molecule has 0 unspecified atom stereocenters. The summed E-state index contributed by atoms with van der Waals surface area (Å²) in [5, 5.41) is 12.5. The number of nitrogens with zero attached hydrogens (tertiary/aromatic N) is 3. The Morgan fingerprint density at radius 1 is 1.18 bits per heavy atom. The van der Waals surface area contributed by atoms with Crippen molar-refractivity contribution < 1.29 is 9.53 Å². The highest BCUT2D eigenvalue weighted by molar-refractivity contribution is 9.10. The molecule has 1 heterocycles. The first kappa shape index (κ1) is 20.7. The van der Waals surface area contributed by atoms with Crippen molar-refractivity contribution in [1.82, 2.24) is 14.8 Å². The Hall–Kier alpha value is -2.03. The van der Waals surface area contributed by atoms with Crippen molar-refractivity contribution in [2.45, 2.75) is 25.2 Å². The maximum absolute atomic E-state index is 12.2. The lowest BCUT2D eigenvalue weighted by Gasteiger charge is -2.09. The Bertz CT molecular complexity index is 932. The summed E-state index contributed by atoms with van der Waals surface area (Å²) in [7, 11) is 0. The van der Waals surface area contributed by atoms with Crippen LogP contribution in [-0.2, 0) is 17.9 Å². The van der Waals surface area contributed by atoms with Gasteiger partial charge in [0, 0.05) is 21.7 Å². The molecular formula is C19H18BrClN4O2S. The van der Waals surface area contributed by atoms with E-state index in [-0.39, 0.29) is 11.7 Å². The molecule has 0 saturated carbocycles. The number of carbonyl (C=O) groups excluding carboxylic acids is 1. The molecule has 9 heteroatoms. The largest absolute Gasteiger partial charge is 0.486 e. The summed E-state index contributed by atoms with van der Waals surface area (Å²) < 4.78 is 8.71. The first-order valence-corrected chi connectivity index (χ1v) is 10.7. The molecule has 3 rings (SSSR count). The van der Waals surface area contributed by atoms with Crippen LogP contribution in [0.15, 0.2) is 58.2 Å². The molecule has 0 atom stereocenters. The molecule has 0 bridgehead atoms. The Morgan fingerprint density at radius 3 is 2.57 bits per heavy atom. The fraction of sp³-hybridized carbons (Fsp3) is 0.211. The molecule has 1 N–H and O–H groups in total. The van der Waals surface area contributed by atoms with Gasteiger partial charge < -0.3 is 14.6 Å². The van der Waals surface area contributed by atoms with Crippen LogP contribution in [0.5, 0.6) is 5.75 Å². The Kier molecular flexibility index (Phi) is 7.36. The third-order valence-electron chi connectivity index (χ3n) is 3.75. The van der Waals surface area contributed by atoms with Crippen LogP contribution in [0.3, 0.4) is 0 Å². The SMILES string of the molecule is CCn1c(COc2ccc(Br)cc2)nnc1SCC(=O)Nc1ccc(Cl)cc1. The maximum atomic E-state index is 12.2. The Balaban J connectivity index is 1.56. The number of halogens is 2. The molecule has 146 valence electrons. The molecule has 0 aliphatic carbocycles. The standard InChI is InChI=1S/C19H18BrClN4O2S/c1-2-25-17(11-27-16-9-3-13(20)4-10-16)23-24-19(25)28-12-18(26)22-15-7-5-14(21)6-8-15/h3-10H,2,11-12H2,1H3,(H,22,26). The second-order valence-electron chi connectivity index (χ2n) is 5.73. The zero-order valence-electron chi connectivity index (χ0n) is 15.1. The number of aromatic nitrogens is 3. The van der Waals surface area contributed by atoms with Crippen molar-refractivity contribution in [3.05, 3.63) is 63.9 Å². The molecular weight excluding hydrogens is 464 g/mol. The van der Waals surface area contributed by atoms with Gasteiger partial charge in [0.15, 0.2) is 11.0 Å². The zero-order valence-corrected chi connectivity index (χ0v) is 18.2. The third kappa shape index (κ3) is 5.73. The second kappa shape index (κ2) is 9.95. The van der Waals surface area contributed by atoms with Gasteiger partial charge in [-0.05, 0) is 55.5 Å². The van der Waals surface area contributed by atoms with E-state index >= 15 is 0 Å². The molecule has 2 aromatic carbocycles. The van der Waals surface area contributed by atoms with E-state index < -0.39 is 0 Å². The fourth-order valence-corrected chi connectivity index (χ4v) is 3.60. The molecule has 0 aliphatic rings. The summed E-state index contributed by atoms with van der Waals surface area (Å²) in [5.41, 5.74) is 0.704.